The summed E-state index contributed by atoms with van der Waals surface area (Å²) in [5.74, 6) is 0.0750. The number of thiocarbonyl (C=S) groups is 1. The fourth-order valence-corrected chi connectivity index (χ4v) is 3.28. The van der Waals surface area contributed by atoms with E-state index < -0.39 is 5.41 Å². The first-order valence-electron chi connectivity index (χ1n) is 6.97. The van der Waals surface area contributed by atoms with Crippen LogP contribution in [0.15, 0.2) is 0 Å². The van der Waals surface area contributed by atoms with Gasteiger partial charge < -0.3 is 11.1 Å². The maximum absolute atomic E-state index is 12.3. The molecule has 2 fully saturated rings. The van der Waals surface area contributed by atoms with Crippen LogP contribution in [0.2, 0.25) is 0 Å². The zero-order chi connectivity index (χ0) is 13.4. The Morgan fingerprint density at radius 3 is 2.17 bits per heavy atom. The summed E-state index contributed by atoms with van der Waals surface area (Å²) < 4.78 is 0. The van der Waals surface area contributed by atoms with E-state index in [4.69, 9.17) is 18.0 Å². The van der Waals surface area contributed by atoms with E-state index in [0.717, 1.165) is 32.1 Å². The number of rotatable bonds is 3. The molecule has 0 radical (unpaired) electrons. The summed E-state index contributed by atoms with van der Waals surface area (Å²) in [5.41, 5.74) is 5.66. The lowest BCUT2D eigenvalue weighted by molar-refractivity contribution is -0.132. The number of nitrogens with two attached hydrogens (primary N) is 1. The number of amides is 1. The molecular formula is C14H24N2OS. The molecule has 3 N–H and O–H groups in total. The third kappa shape index (κ3) is 2.53. The maximum atomic E-state index is 12.3. The Morgan fingerprint density at radius 2 is 1.78 bits per heavy atom. The van der Waals surface area contributed by atoms with Gasteiger partial charge in [-0.05, 0) is 43.9 Å². The van der Waals surface area contributed by atoms with Crippen LogP contribution >= 0.6 is 12.2 Å². The van der Waals surface area contributed by atoms with E-state index in [9.17, 15) is 4.79 Å². The molecule has 2 aliphatic rings. The number of nitrogens with one attached hydrogen (secondary N) is 1. The van der Waals surface area contributed by atoms with Crippen LogP contribution in [-0.4, -0.2) is 16.9 Å². The third-order valence-corrected chi connectivity index (χ3v) is 5.18. The van der Waals surface area contributed by atoms with Crippen molar-refractivity contribution < 1.29 is 4.79 Å². The van der Waals surface area contributed by atoms with Gasteiger partial charge in [0.1, 0.15) is 0 Å². The minimum absolute atomic E-state index is 0.0750. The van der Waals surface area contributed by atoms with Crippen molar-refractivity contribution in [3.05, 3.63) is 0 Å². The lowest BCUT2D eigenvalue weighted by Crippen LogP contribution is -2.55. The molecule has 4 heteroatoms. The van der Waals surface area contributed by atoms with Crippen molar-refractivity contribution >= 4 is 23.1 Å². The standard InChI is InChI=1S/C14H24N2OS/c1-13(2)8-4-10(5-9-13)16-12(17)14(11(15)18)6-3-7-14/h10H,3-9H2,1-2H3,(H2,15,18)(H,16,17). The Balaban J connectivity index is 1.90. The predicted octanol–water partition coefficient (Wildman–Crippen LogP) is 2.53. The second-order valence-electron chi connectivity index (χ2n) is 6.71. The molecule has 0 aromatic carbocycles. The van der Waals surface area contributed by atoms with E-state index in [1.54, 1.807) is 0 Å². The summed E-state index contributed by atoms with van der Waals surface area (Å²) in [7, 11) is 0. The molecule has 0 spiro atoms. The summed E-state index contributed by atoms with van der Waals surface area (Å²) in [4.78, 5) is 12.7. The van der Waals surface area contributed by atoms with Crippen LogP contribution in [0.25, 0.3) is 0 Å². The predicted molar refractivity (Wildman–Crippen MR) is 77.2 cm³/mol. The summed E-state index contributed by atoms with van der Waals surface area (Å²) in [6.45, 7) is 4.60. The minimum Gasteiger partial charge on any atom is -0.392 e. The molecule has 0 saturated heterocycles. The average molecular weight is 268 g/mol. The van der Waals surface area contributed by atoms with Crippen LogP contribution in [0.3, 0.4) is 0 Å². The summed E-state index contributed by atoms with van der Waals surface area (Å²) >= 11 is 5.08. The molecule has 0 aromatic heterocycles. The van der Waals surface area contributed by atoms with Gasteiger partial charge in [0.2, 0.25) is 5.91 Å². The SMILES string of the molecule is CC1(C)CCC(NC(=O)C2(C(N)=S)CCC2)CC1. The molecule has 2 saturated carbocycles. The van der Waals surface area contributed by atoms with Crippen molar-refractivity contribution in [2.24, 2.45) is 16.6 Å². The van der Waals surface area contributed by atoms with Gasteiger partial charge in [0.15, 0.2) is 0 Å². The molecule has 0 heterocycles. The average Bonchev–Trinajstić information content (AvgIpc) is 2.19. The highest BCUT2D eigenvalue weighted by molar-refractivity contribution is 7.80. The Labute approximate surface area is 115 Å². The summed E-state index contributed by atoms with van der Waals surface area (Å²) in [6, 6.07) is 0.317. The van der Waals surface area contributed by atoms with Crippen LogP contribution in [0, 0.1) is 10.8 Å². The van der Waals surface area contributed by atoms with E-state index in [-0.39, 0.29) is 5.91 Å². The van der Waals surface area contributed by atoms with Crippen molar-refractivity contribution in [2.45, 2.75) is 64.8 Å². The quantitative estimate of drug-likeness (QED) is 0.773. The van der Waals surface area contributed by atoms with E-state index in [1.807, 2.05) is 0 Å². The largest absolute Gasteiger partial charge is 0.392 e. The van der Waals surface area contributed by atoms with Crippen molar-refractivity contribution in [1.82, 2.24) is 5.32 Å². The van der Waals surface area contributed by atoms with Crippen LogP contribution in [-0.2, 0) is 4.79 Å². The molecule has 102 valence electrons. The molecule has 3 nitrogen and oxygen atoms in total. The Kier molecular flexibility index (Phi) is 3.67. The van der Waals surface area contributed by atoms with Gasteiger partial charge in [-0.15, -0.1) is 0 Å². The van der Waals surface area contributed by atoms with Gasteiger partial charge >= 0.3 is 0 Å². The molecule has 0 aliphatic heterocycles. The zero-order valence-electron chi connectivity index (χ0n) is 11.4. The maximum Gasteiger partial charge on any atom is 0.233 e. The normalized spacial score (nSPS) is 26.1. The van der Waals surface area contributed by atoms with Gasteiger partial charge in [0.05, 0.1) is 10.4 Å². The number of hydrogen-bond donors (Lipinski definition) is 2. The van der Waals surface area contributed by atoms with Crippen molar-refractivity contribution in [3.8, 4) is 0 Å². The monoisotopic (exact) mass is 268 g/mol. The molecule has 2 aliphatic carbocycles. The lowest BCUT2D eigenvalue weighted by atomic mass is 9.67. The fourth-order valence-electron chi connectivity index (χ4n) is 2.98. The first kappa shape index (κ1) is 13.8. The van der Waals surface area contributed by atoms with Crippen molar-refractivity contribution in [2.75, 3.05) is 0 Å². The van der Waals surface area contributed by atoms with E-state index in [0.29, 0.717) is 16.4 Å². The highest BCUT2D eigenvalue weighted by atomic mass is 32.1. The third-order valence-electron chi connectivity index (χ3n) is 4.79. The molecule has 0 unspecified atom stereocenters. The molecule has 1 amide bonds. The second-order valence-corrected chi connectivity index (χ2v) is 7.15. The smallest absolute Gasteiger partial charge is 0.233 e. The van der Waals surface area contributed by atoms with Crippen LogP contribution in [0.4, 0.5) is 0 Å². The second kappa shape index (κ2) is 4.80. The van der Waals surface area contributed by atoms with E-state index in [2.05, 4.69) is 19.2 Å². The highest BCUT2D eigenvalue weighted by Gasteiger charge is 2.47. The molecule has 0 bridgehead atoms. The molecule has 0 aromatic rings. The van der Waals surface area contributed by atoms with Crippen molar-refractivity contribution in [3.63, 3.8) is 0 Å². The van der Waals surface area contributed by atoms with Gasteiger partial charge in [0.25, 0.3) is 0 Å². The van der Waals surface area contributed by atoms with Gasteiger partial charge in [-0.2, -0.15) is 0 Å². The van der Waals surface area contributed by atoms with Crippen LogP contribution in [0.1, 0.15) is 58.8 Å². The van der Waals surface area contributed by atoms with Crippen LogP contribution in [0.5, 0.6) is 0 Å². The molecule has 18 heavy (non-hydrogen) atoms. The van der Waals surface area contributed by atoms with Gasteiger partial charge in [-0.1, -0.05) is 32.5 Å². The first-order valence-corrected chi connectivity index (χ1v) is 7.37. The Hall–Kier alpha value is -0.640. The Morgan fingerprint density at radius 1 is 1.22 bits per heavy atom. The van der Waals surface area contributed by atoms with Crippen molar-refractivity contribution in [1.29, 1.82) is 0 Å². The van der Waals surface area contributed by atoms with Gasteiger partial charge in [-0.25, -0.2) is 0 Å². The first-order chi connectivity index (χ1) is 8.36. The molecule has 0 atom stereocenters. The van der Waals surface area contributed by atoms with E-state index >= 15 is 0 Å². The van der Waals surface area contributed by atoms with Crippen LogP contribution < -0.4 is 11.1 Å². The number of hydrogen-bond acceptors (Lipinski definition) is 2. The van der Waals surface area contributed by atoms with E-state index in [1.165, 1.54) is 12.8 Å². The van der Waals surface area contributed by atoms with Gasteiger partial charge in [0, 0.05) is 6.04 Å². The number of carbonyl (C=O) groups excluding carboxylic acids is 1. The zero-order valence-corrected chi connectivity index (χ0v) is 12.2. The minimum atomic E-state index is -0.525. The lowest BCUT2D eigenvalue weighted by Gasteiger charge is -2.41. The highest BCUT2D eigenvalue weighted by Crippen LogP contribution is 2.42. The summed E-state index contributed by atoms with van der Waals surface area (Å²) in [6.07, 6.45) is 7.22. The molecular weight excluding hydrogens is 244 g/mol. The fraction of sp³-hybridized carbons (Fsp3) is 0.857. The topological polar surface area (TPSA) is 55.1 Å². The summed E-state index contributed by atoms with van der Waals surface area (Å²) in [5, 5.41) is 3.17. The molecule has 2 rings (SSSR count). The van der Waals surface area contributed by atoms with Gasteiger partial charge in [-0.3, -0.25) is 4.79 Å². The Bertz CT molecular complexity index is 351. The number of carbonyl (C=O) groups is 1.